The maximum absolute atomic E-state index is 13.3. The predicted octanol–water partition coefficient (Wildman–Crippen LogP) is 3.01. The van der Waals surface area contributed by atoms with Crippen molar-refractivity contribution in [3.8, 4) is 0 Å². The number of nitrogens with one attached hydrogen (secondary N) is 1. The monoisotopic (exact) mass is 251 g/mol. The Hall–Kier alpha value is -2.57. The van der Waals surface area contributed by atoms with E-state index in [2.05, 4.69) is 10.3 Å². The highest BCUT2D eigenvalue weighted by atomic mass is 19.1. The van der Waals surface area contributed by atoms with E-state index >= 15 is 0 Å². The van der Waals surface area contributed by atoms with E-state index in [1.54, 1.807) is 0 Å². The molecule has 0 radical (unpaired) electrons. The van der Waals surface area contributed by atoms with E-state index < -0.39 is 16.6 Å². The number of aromatic nitrogens is 1. The van der Waals surface area contributed by atoms with Gasteiger partial charge in [0.25, 0.3) is 5.69 Å². The number of anilines is 2. The van der Waals surface area contributed by atoms with E-state index in [4.69, 9.17) is 0 Å². The summed E-state index contributed by atoms with van der Waals surface area (Å²) in [6, 6.07) is 5.61. The van der Waals surface area contributed by atoms with Gasteiger partial charge in [-0.05, 0) is 18.2 Å². The highest BCUT2D eigenvalue weighted by Gasteiger charge is 2.07. The molecule has 0 saturated carbocycles. The molecule has 1 aromatic heterocycles. The summed E-state index contributed by atoms with van der Waals surface area (Å²) >= 11 is 0. The Morgan fingerprint density at radius 1 is 1.22 bits per heavy atom. The Kier molecular flexibility index (Phi) is 3.13. The Labute approximate surface area is 100 Å². The first-order chi connectivity index (χ1) is 8.56. The molecule has 0 aliphatic heterocycles. The summed E-state index contributed by atoms with van der Waals surface area (Å²) in [7, 11) is 0. The number of hydrogen-bond acceptors (Lipinski definition) is 4. The van der Waals surface area contributed by atoms with Gasteiger partial charge in [-0.15, -0.1) is 0 Å². The van der Waals surface area contributed by atoms with Crippen molar-refractivity contribution in [3.63, 3.8) is 0 Å². The lowest BCUT2D eigenvalue weighted by atomic mass is 10.3. The Balaban J connectivity index is 2.21. The van der Waals surface area contributed by atoms with Gasteiger partial charge in [-0.3, -0.25) is 10.1 Å². The number of benzene rings is 1. The summed E-state index contributed by atoms with van der Waals surface area (Å²) in [6.45, 7) is 0. The number of hydrogen-bond donors (Lipinski definition) is 1. The smallest absolute Gasteiger partial charge is 0.287 e. The van der Waals surface area contributed by atoms with Crippen LogP contribution in [0.25, 0.3) is 0 Å². The molecule has 0 saturated heterocycles. The van der Waals surface area contributed by atoms with E-state index in [0.29, 0.717) is 0 Å². The molecule has 1 N–H and O–H groups in total. The standard InChI is InChI=1S/C11H7F2N3O2/c12-7-1-3-10(9(13)5-7)15-11-4-2-8(6-14-11)16(17)18/h1-6H,(H,14,15). The third-order valence-corrected chi connectivity index (χ3v) is 2.15. The number of rotatable bonds is 3. The molecule has 1 aromatic carbocycles. The molecule has 0 amide bonds. The van der Waals surface area contributed by atoms with E-state index in [-0.39, 0.29) is 17.2 Å². The molecule has 0 aliphatic rings. The summed E-state index contributed by atoms with van der Waals surface area (Å²) in [5, 5.41) is 13.0. The molecular weight excluding hydrogens is 244 g/mol. The normalized spacial score (nSPS) is 10.1. The van der Waals surface area contributed by atoms with Crippen molar-refractivity contribution in [1.82, 2.24) is 4.98 Å². The SMILES string of the molecule is O=[N+]([O-])c1ccc(Nc2ccc(F)cc2F)nc1. The fourth-order valence-electron chi connectivity index (χ4n) is 1.30. The quantitative estimate of drug-likeness (QED) is 0.672. The maximum Gasteiger partial charge on any atom is 0.287 e. The zero-order valence-corrected chi connectivity index (χ0v) is 8.93. The van der Waals surface area contributed by atoms with Crippen molar-refractivity contribution in [2.45, 2.75) is 0 Å². The van der Waals surface area contributed by atoms with Crippen molar-refractivity contribution in [2.75, 3.05) is 5.32 Å². The van der Waals surface area contributed by atoms with Gasteiger partial charge in [-0.2, -0.15) is 0 Å². The van der Waals surface area contributed by atoms with Gasteiger partial charge in [0.1, 0.15) is 23.6 Å². The minimum absolute atomic E-state index is 0.0396. The molecule has 0 bridgehead atoms. The van der Waals surface area contributed by atoms with E-state index in [1.807, 2.05) is 0 Å². The molecule has 92 valence electrons. The third kappa shape index (κ3) is 2.57. The summed E-state index contributed by atoms with van der Waals surface area (Å²) in [6.07, 6.45) is 1.05. The van der Waals surface area contributed by atoms with Crippen LogP contribution in [0, 0.1) is 21.7 Å². The molecule has 0 fully saturated rings. The van der Waals surface area contributed by atoms with Crippen LogP contribution in [0.3, 0.4) is 0 Å². The summed E-state index contributed by atoms with van der Waals surface area (Å²) in [4.78, 5) is 13.6. The lowest BCUT2D eigenvalue weighted by Crippen LogP contribution is -1.97. The zero-order chi connectivity index (χ0) is 13.1. The van der Waals surface area contributed by atoms with Gasteiger partial charge in [0.05, 0.1) is 10.6 Å². The maximum atomic E-state index is 13.3. The highest BCUT2D eigenvalue weighted by Crippen LogP contribution is 2.20. The molecule has 0 spiro atoms. The molecule has 0 unspecified atom stereocenters. The van der Waals surface area contributed by atoms with E-state index in [1.165, 1.54) is 18.2 Å². The van der Waals surface area contributed by atoms with Gasteiger partial charge in [-0.1, -0.05) is 0 Å². The van der Waals surface area contributed by atoms with E-state index in [9.17, 15) is 18.9 Å². The van der Waals surface area contributed by atoms with Gasteiger partial charge < -0.3 is 5.32 Å². The van der Waals surface area contributed by atoms with Gasteiger partial charge in [0, 0.05) is 12.1 Å². The summed E-state index contributed by atoms with van der Waals surface area (Å²) < 4.78 is 26.0. The van der Waals surface area contributed by atoms with Crippen molar-refractivity contribution in [3.05, 3.63) is 58.3 Å². The number of nitrogens with zero attached hydrogens (tertiary/aromatic N) is 2. The lowest BCUT2D eigenvalue weighted by Gasteiger charge is -2.06. The Morgan fingerprint density at radius 2 is 2.00 bits per heavy atom. The van der Waals surface area contributed by atoms with Gasteiger partial charge in [0.2, 0.25) is 0 Å². The molecule has 2 rings (SSSR count). The second-order valence-corrected chi connectivity index (χ2v) is 3.41. The number of halogens is 2. The van der Waals surface area contributed by atoms with E-state index in [0.717, 1.165) is 18.3 Å². The fourth-order valence-corrected chi connectivity index (χ4v) is 1.30. The average molecular weight is 251 g/mol. The van der Waals surface area contributed by atoms with Crippen LogP contribution < -0.4 is 5.32 Å². The van der Waals surface area contributed by atoms with Crippen LogP contribution >= 0.6 is 0 Å². The van der Waals surface area contributed by atoms with Crippen molar-refractivity contribution >= 4 is 17.2 Å². The second kappa shape index (κ2) is 4.74. The molecular formula is C11H7F2N3O2. The lowest BCUT2D eigenvalue weighted by molar-refractivity contribution is -0.385. The van der Waals surface area contributed by atoms with Gasteiger partial charge in [0.15, 0.2) is 0 Å². The average Bonchev–Trinajstić information content (AvgIpc) is 2.33. The van der Waals surface area contributed by atoms with Gasteiger partial charge >= 0.3 is 0 Å². The summed E-state index contributed by atoms with van der Waals surface area (Å²) in [5.74, 6) is -1.23. The Morgan fingerprint density at radius 3 is 2.56 bits per heavy atom. The molecule has 0 aliphatic carbocycles. The Bertz CT molecular complexity index is 587. The molecule has 0 atom stereocenters. The topological polar surface area (TPSA) is 68.1 Å². The number of nitro groups is 1. The van der Waals surface area contributed by atoms with Crippen LogP contribution in [-0.4, -0.2) is 9.91 Å². The highest BCUT2D eigenvalue weighted by molar-refractivity contribution is 5.57. The molecule has 7 heteroatoms. The predicted molar refractivity (Wildman–Crippen MR) is 60.5 cm³/mol. The van der Waals surface area contributed by atoms with Crippen molar-refractivity contribution in [2.24, 2.45) is 0 Å². The van der Waals surface area contributed by atoms with Crippen LogP contribution in [-0.2, 0) is 0 Å². The third-order valence-electron chi connectivity index (χ3n) is 2.15. The number of pyridine rings is 1. The molecule has 2 aromatic rings. The summed E-state index contributed by atoms with van der Waals surface area (Å²) in [5.41, 5.74) is -0.127. The zero-order valence-electron chi connectivity index (χ0n) is 8.93. The van der Waals surface area contributed by atoms with Crippen LogP contribution in [0.2, 0.25) is 0 Å². The first kappa shape index (κ1) is 11.9. The van der Waals surface area contributed by atoms with Crippen molar-refractivity contribution < 1.29 is 13.7 Å². The van der Waals surface area contributed by atoms with Gasteiger partial charge in [-0.25, -0.2) is 13.8 Å². The molecule has 1 heterocycles. The molecule has 5 nitrogen and oxygen atoms in total. The minimum Gasteiger partial charge on any atom is -0.338 e. The van der Waals surface area contributed by atoms with Crippen LogP contribution in [0.15, 0.2) is 36.5 Å². The second-order valence-electron chi connectivity index (χ2n) is 3.41. The van der Waals surface area contributed by atoms with Crippen LogP contribution in [0.1, 0.15) is 0 Å². The van der Waals surface area contributed by atoms with Crippen molar-refractivity contribution in [1.29, 1.82) is 0 Å². The minimum atomic E-state index is -0.768. The first-order valence-electron chi connectivity index (χ1n) is 4.89. The van der Waals surface area contributed by atoms with Crippen LogP contribution in [0.4, 0.5) is 26.0 Å². The first-order valence-corrected chi connectivity index (χ1v) is 4.89. The largest absolute Gasteiger partial charge is 0.338 e. The molecule has 18 heavy (non-hydrogen) atoms. The van der Waals surface area contributed by atoms with Crippen LogP contribution in [0.5, 0.6) is 0 Å². The fraction of sp³-hybridized carbons (Fsp3) is 0.